The second kappa shape index (κ2) is 11.7. The molecule has 0 unspecified atom stereocenters. The molecule has 0 fully saturated rings. The number of carboxylic acids is 1. The largest absolute Gasteiger partial charge is 0.481 e. The standard InChI is InChI=1S/C6H5Cl.C6H6.C3H6O2/c7-6-4-2-1-3-5-6;1-2-4-6-5-3-1;1-2-3(4)5/h1-5H;1-6H;2H2,1H3,(H,4,5). The van der Waals surface area contributed by atoms with Crippen molar-refractivity contribution < 1.29 is 9.90 Å². The van der Waals surface area contributed by atoms with E-state index in [1.54, 1.807) is 6.92 Å². The molecule has 18 heavy (non-hydrogen) atoms. The highest BCUT2D eigenvalue weighted by Crippen LogP contribution is 2.03. The van der Waals surface area contributed by atoms with Crippen LogP contribution in [-0.2, 0) is 4.79 Å². The van der Waals surface area contributed by atoms with Crippen LogP contribution in [0.5, 0.6) is 0 Å². The Bertz CT molecular complexity index is 375. The number of hydrogen-bond acceptors (Lipinski definition) is 1. The van der Waals surface area contributed by atoms with Gasteiger partial charge in [0.15, 0.2) is 0 Å². The highest BCUT2D eigenvalue weighted by molar-refractivity contribution is 6.30. The fourth-order valence-electron chi connectivity index (χ4n) is 0.800. The average molecular weight is 265 g/mol. The molecule has 0 spiro atoms. The zero-order chi connectivity index (χ0) is 13.6. The molecule has 0 aliphatic carbocycles. The van der Waals surface area contributed by atoms with Crippen molar-refractivity contribution in [2.45, 2.75) is 13.3 Å². The van der Waals surface area contributed by atoms with Gasteiger partial charge in [0.25, 0.3) is 0 Å². The van der Waals surface area contributed by atoms with Crippen LogP contribution in [0.2, 0.25) is 5.02 Å². The first-order valence-corrected chi connectivity index (χ1v) is 5.97. The topological polar surface area (TPSA) is 37.3 Å². The predicted octanol–water partition coefficient (Wildman–Crippen LogP) is 4.51. The second-order valence-electron chi connectivity index (χ2n) is 3.20. The molecule has 0 bridgehead atoms. The van der Waals surface area contributed by atoms with Crippen molar-refractivity contribution in [2.75, 3.05) is 0 Å². The second-order valence-corrected chi connectivity index (χ2v) is 3.63. The van der Waals surface area contributed by atoms with Gasteiger partial charge in [-0.3, -0.25) is 4.79 Å². The van der Waals surface area contributed by atoms with E-state index in [1.807, 2.05) is 66.7 Å². The lowest BCUT2D eigenvalue weighted by Gasteiger charge is -1.80. The smallest absolute Gasteiger partial charge is 0.303 e. The van der Waals surface area contributed by atoms with Gasteiger partial charge in [0.1, 0.15) is 0 Å². The molecule has 0 saturated heterocycles. The Labute approximate surface area is 113 Å². The van der Waals surface area contributed by atoms with Crippen molar-refractivity contribution in [3.63, 3.8) is 0 Å². The van der Waals surface area contributed by atoms with E-state index in [9.17, 15) is 4.79 Å². The van der Waals surface area contributed by atoms with Crippen LogP contribution in [0.25, 0.3) is 0 Å². The first-order valence-electron chi connectivity index (χ1n) is 5.59. The van der Waals surface area contributed by atoms with E-state index in [1.165, 1.54) is 0 Å². The highest BCUT2D eigenvalue weighted by atomic mass is 35.5. The summed E-state index contributed by atoms with van der Waals surface area (Å²) < 4.78 is 0. The molecule has 3 heteroatoms. The summed E-state index contributed by atoms with van der Waals surface area (Å²) in [5.74, 6) is -0.745. The average Bonchev–Trinajstić information content (AvgIpc) is 2.43. The molecule has 2 aromatic carbocycles. The lowest BCUT2D eigenvalue weighted by Crippen LogP contribution is -1.86. The predicted molar refractivity (Wildman–Crippen MR) is 75.8 cm³/mol. The summed E-state index contributed by atoms with van der Waals surface area (Å²) >= 11 is 5.54. The minimum absolute atomic E-state index is 0.222. The van der Waals surface area contributed by atoms with Crippen molar-refractivity contribution in [1.82, 2.24) is 0 Å². The van der Waals surface area contributed by atoms with Crippen molar-refractivity contribution >= 4 is 17.6 Å². The number of benzene rings is 2. The summed E-state index contributed by atoms with van der Waals surface area (Å²) in [5, 5.41) is 8.52. The molecule has 2 rings (SSSR count). The molecule has 96 valence electrons. The van der Waals surface area contributed by atoms with Crippen molar-refractivity contribution in [3.8, 4) is 0 Å². The number of carboxylic acid groups (broad SMARTS) is 1. The van der Waals surface area contributed by atoms with Crippen LogP contribution in [-0.4, -0.2) is 11.1 Å². The fourth-order valence-corrected chi connectivity index (χ4v) is 0.945. The SMILES string of the molecule is CCC(=O)O.Clc1ccccc1.c1ccccc1. The van der Waals surface area contributed by atoms with Crippen LogP contribution in [0.3, 0.4) is 0 Å². The van der Waals surface area contributed by atoms with E-state index >= 15 is 0 Å². The Kier molecular flexibility index (Phi) is 10.5. The lowest BCUT2D eigenvalue weighted by atomic mass is 10.4. The molecule has 0 aliphatic rings. The summed E-state index contributed by atoms with van der Waals surface area (Å²) in [6, 6.07) is 21.4. The molecular weight excluding hydrogens is 248 g/mol. The molecule has 0 atom stereocenters. The van der Waals surface area contributed by atoms with Gasteiger partial charge in [-0.2, -0.15) is 0 Å². The van der Waals surface area contributed by atoms with Gasteiger partial charge >= 0.3 is 5.97 Å². The first-order chi connectivity index (χ1) is 8.66. The molecule has 2 nitrogen and oxygen atoms in total. The van der Waals surface area contributed by atoms with Crippen molar-refractivity contribution in [3.05, 3.63) is 71.8 Å². The number of carbonyl (C=O) groups is 1. The quantitative estimate of drug-likeness (QED) is 0.823. The molecular formula is C15H17ClO2. The molecule has 0 radical (unpaired) electrons. The van der Waals surface area contributed by atoms with E-state index < -0.39 is 5.97 Å². The summed E-state index contributed by atoms with van der Waals surface area (Å²) in [5.41, 5.74) is 0. The highest BCUT2D eigenvalue weighted by Gasteiger charge is 1.80. The van der Waals surface area contributed by atoms with Gasteiger partial charge < -0.3 is 5.11 Å². The number of hydrogen-bond donors (Lipinski definition) is 1. The van der Waals surface area contributed by atoms with Crippen LogP contribution >= 0.6 is 11.6 Å². The zero-order valence-electron chi connectivity index (χ0n) is 10.3. The molecule has 0 aromatic heterocycles. The van der Waals surface area contributed by atoms with Crippen LogP contribution in [0.1, 0.15) is 13.3 Å². The van der Waals surface area contributed by atoms with Gasteiger partial charge in [-0.05, 0) is 12.1 Å². The van der Waals surface area contributed by atoms with Gasteiger partial charge in [0, 0.05) is 11.4 Å². The molecule has 0 amide bonds. The molecule has 0 aliphatic heterocycles. The van der Waals surface area contributed by atoms with Crippen LogP contribution in [0, 0.1) is 0 Å². The van der Waals surface area contributed by atoms with Gasteiger partial charge in [0.2, 0.25) is 0 Å². The van der Waals surface area contributed by atoms with Gasteiger partial charge in [-0.25, -0.2) is 0 Å². The van der Waals surface area contributed by atoms with Gasteiger partial charge in [-0.1, -0.05) is 73.1 Å². The number of aliphatic carboxylic acids is 1. The van der Waals surface area contributed by atoms with Crippen molar-refractivity contribution in [2.24, 2.45) is 0 Å². The normalized spacial score (nSPS) is 8.11. The Morgan fingerprint density at radius 1 is 0.944 bits per heavy atom. The Morgan fingerprint density at radius 3 is 1.39 bits per heavy atom. The molecule has 1 N–H and O–H groups in total. The van der Waals surface area contributed by atoms with Crippen molar-refractivity contribution in [1.29, 1.82) is 0 Å². The minimum Gasteiger partial charge on any atom is -0.481 e. The van der Waals surface area contributed by atoms with E-state index in [0.29, 0.717) is 0 Å². The Hall–Kier alpha value is -1.80. The minimum atomic E-state index is -0.745. The summed E-state index contributed by atoms with van der Waals surface area (Å²) in [7, 11) is 0. The maximum atomic E-state index is 9.37. The summed E-state index contributed by atoms with van der Waals surface area (Å²) in [6.45, 7) is 1.60. The van der Waals surface area contributed by atoms with Crippen LogP contribution in [0.4, 0.5) is 0 Å². The maximum Gasteiger partial charge on any atom is 0.303 e. The van der Waals surface area contributed by atoms with Gasteiger partial charge in [-0.15, -0.1) is 0 Å². The fraction of sp³-hybridized carbons (Fsp3) is 0.133. The van der Waals surface area contributed by atoms with E-state index in [4.69, 9.17) is 16.7 Å². The number of halogens is 1. The first kappa shape index (κ1) is 16.2. The molecule has 0 heterocycles. The zero-order valence-corrected chi connectivity index (χ0v) is 11.0. The third-order valence-electron chi connectivity index (χ3n) is 1.70. The molecule has 2 aromatic rings. The maximum absolute atomic E-state index is 9.37. The van der Waals surface area contributed by atoms with E-state index in [0.717, 1.165) is 5.02 Å². The third-order valence-corrected chi connectivity index (χ3v) is 1.95. The van der Waals surface area contributed by atoms with Gasteiger partial charge in [0.05, 0.1) is 0 Å². The molecule has 0 saturated carbocycles. The summed E-state index contributed by atoms with van der Waals surface area (Å²) in [6.07, 6.45) is 0.222. The third kappa shape index (κ3) is 12.3. The van der Waals surface area contributed by atoms with E-state index in [-0.39, 0.29) is 6.42 Å². The lowest BCUT2D eigenvalue weighted by molar-refractivity contribution is -0.136. The van der Waals surface area contributed by atoms with E-state index in [2.05, 4.69) is 0 Å². The monoisotopic (exact) mass is 264 g/mol. The van der Waals surface area contributed by atoms with Crippen LogP contribution < -0.4 is 0 Å². The summed E-state index contributed by atoms with van der Waals surface area (Å²) in [4.78, 5) is 9.37. The number of rotatable bonds is 1. The van der Waals surface area contributed by atoms with Crippen LogP contribution in [0.15, 0.2) is 66.7 Å². The Morgan fingerprint density at radius 2 is 1.22 bits per heavy atom. The Balaban J connectivity index is 0.000000245.